The van der Waals surface area contributed by atoms with Gasteiger partial charge in [0, 0.05) is 17.6 Å². The van der Waals surface area contributed by atoms with Crippen molar-refractivity contribution in [3.63, 3.8) is 0 Å². The van der Waals surface area contributed by atoms with Gasteiger partial charge in [0.2, 0.25) is 0 Å². The summed E-state index contributed by atoms with van der Waals surface area (Å²) < 4.78 is 0. The molecule has 4 nitrogen and oxygen atoms in total. The lowest BCUT2D eigenvalue weighted by Gasteiger charge is -2.16. The molecule has 1 aromatic carbocycles. The molecule has 0 N–H and O–H groups in total. The van der Waals surface area contributed by atoms with Crippen molar-refractivity contribution in [3.8, 4) is 0 Å². The molecule has 3 amide bonds. The summed E-state index contributed by atoms with van der Waals surface area (Å²) in [5.74, 6) is -0.145. The fourth-order valence-corrected chi connectivity index (χ4v) is 2.01. The van der Waals surface area contributed by atoms with E-state index in [2.05, 4.69) is 15.9 Å². The first-order valence-corrected chi connectivity index (χ1v) is 6.09. The molecular formula is C11H11BrN2O2. The predicted molar refractivity (Wildman–Crippen MR) is 64.7 cm³/mol. The first kappa shape index (κ1) is 11.1. The number of nitrogens with zero attached hydrogens (tertiary/aromatic N) is 2. The maximum atomic E-state index is 11.9. The van der Waals surface area contributed by atoms with Gasteiger partial charge in [0.25, 0.3) is 5.91 Å². The van der Waals surface area contributed by atoms with Gasteiger partial charge in [-0.25, -0.2) is 4.79 Å². The topological polar surface area (TPSA) is 40.6 Å². The van der Waals surface area contributed by atoms with E-state index in [-0.39, 0.29) is 18.5 Å². The number of hydrogen-bond donors (Lipinski definition) is 0. The molecule has 0 saturated carbocycles. The van der Waals surface area contributed by atoms with E-state index in [1.807, 2.05) is 30.3 Å². The Bertz CT molecular complexity index is 408. The van der Waals surface area contributed by atoms with Crippen LogP contribution in [0.4, 0.5) is 10.5 Å². The molecule has 0 unspecified atom stereocenters. The molecule has 1 aliphatic heterocycles. The largest absolute Gasteiger partial charge is 0.331 e. The number of carbonyl (C=O) groups excluding carboxylic acids is 2. The predicted octanol–water partition coefficient (Wildman–Crippen LogP) is 1.85. The molecule has 0 bridgehead atoms. The third-order valence-corrected chi connectivity index (χ3v) is 2.79. The number of hydrogen-bond acceptors (Lipinski definition) is 2. The van der Waals surface area contributed by atoms with E-state index >= 15 is 0 Å². The van der Waals surface area contributed by atoms with Gasteiger partial charge < -0.3 is 0 Å². The van der Waals surface area contributed by atoms with Crippen molar-refractivity contribution in [2.75, 3.05) is 23.3 Å². The van der Waals surface area contributed by atoms with Crippen molar-refractivity contribution in [3.05, 3.63) is 30.3 Å². The van der Waals surface area contributed by atoms with E-state index in [0.717, 1.165) is 5.69 Å². The lowest BCUT2D eigenvalue weighted by atomic mass is 10.3. The average Bonchev–Trinajstić information content (AvgIpc) is 2.59. The molecule has 1 saturated heterocycles. The van der Waals surface area contributed by atoms with Crippen LogP contribution in [0.5, 0.6) is 0 Å². The smallest absolute Gasteiger partial charge is 0.285 e. The number of halogens is 1. The minimum atomic E-state index is -0.240. The number of amides is 3. The molecule has 1 heterocycles. The van der Waals surface area contributed by atoms with Crippen molar-refractivity contribution in [1.82, 2.24) is 4.90 Å². The second-order valence-corrected chi connectivity index (χ2v) is 4.23. The Morgan fingerprint density at radius 2 is 1.88 bits per heavy atom. The first-order chi connectivity index (χ1) is 7.74. The summed E-state index contributed by atoms with van der Waals surface area (Å²) >= 11 is 3.23. The lowest BCUT2D eigenvalue weighted by molar-refractivity contribution is -0.124. The molecule has 1 aromatic rings. The van der Waals surface area contributed by atoms with Gasteiger partial charge in [-0.1, -0.05) is 34.1 Å². The Balaban J connectivity index is 2.21. The number of imide groups is 1. The summed E-state index contributed by atoms with van der Waals surface area (Å²) in [6.07, 6.45) is 0. The van der Waals surface area contributed by atoms with Crippen LogP contribution in [0.15, 0.2) is 30.3 Å². The van der Waals surface area contributed by atoms with Crippen molar-refractivity contribution in [2.24, 2.45) is 0 Å². The normalized spacial score (nSPS) is 16.1. The van der Waals surface area contributed by atoms with Gasteiger partial charge in [-0.15, -0.1) is 0 Å². The Hall–Kier alpha value is -1.36. The van der Waals surface area contributed by atoms with E-state index in [1.54, 1.807) is 0 Å². The van der Waals surface area contributed by atoms with Crippen LogP contribution in [0.3, 0.4) is 0 Å². The summed E-state index contributed by atoms with van der Waals surface area (Å²) in [5, 5.41) is 0.604. The van der Waals surface area contributed by atoms with Crippen LogP contribution >= 0.6 is 15.9 Å². The van der Waals surface area contributed by atoms with Gasteiger partial charge in [0.05, 0.1) is 0 Å². The third kappa shape index (κ3) is 1.95. The quantitative estimate of drug-likeness (QED) is 0.627. The monoisotopic (exact) mass is 282 g/mol. The molecule has 0 spiro atoms. The molecule has 16 heavy (non-hydrogen) atoms. The van der Waals surface area contributed by atoms with Gasteiger partial charge >= 0.3 is 6.03 Å². The molecule has 5 heteroatoms. The van der Waals surface area contributed by atoms with Crippen LogP contribution in [0.1, 0.15) is 0 Å². The van der Waals surface area contributed by atoms with Crippen LogP contribution in [0.2, 0.25) is 0 Å². The minimum Gasteiger partial charge on any atom is -0.285 e. The number of rotatable bonds is 3. The number of alkyl halides is 1. The third-order valence-electron chi connectivity index (χ3n) is 2.43. The summed E-state index contributed by atoms with van der Waals surface area (Å²) in [4.78, 5) is 26.3. The maximum absolute atomic E-state index is 11.9. The molecular weight excluding hydrogens is 272 g/mol. The van der Waals surface area contributed by atoms with Crippen LogP contribution in [0.25, 0.3) is 0 Å². The molecule has 0 atom stereocenters. The minimum absolute atomic E-state index is 0.135. The van der Waals surface area contributed by atoms with E-state index in [4.69, 9.17) is 0 Å². The van der Waals surface area contributed by atoms with Crippen LogP contribution < -0.4 is 4.90 Å². The standard InChI is InChI=1S/C11H11BrN2O2/c12-6-7-13-10(15)8-14(11(13)16)9-4-2-1-3-5-9/h1-5H,6-8H2. The van der Waals surface area contributed by atoms with Gasteiger partial charge in [-0.3, -0.25) is 14.6 Å². The van der Waals surface area contributed by atoms with Gasteiger partial charge in [-0.05, 0) is 12.1 Å². The number of urea groups is 1. The first-order valence-electron chi connectivity index (χ1n) is 4.97. The average molecular weight is 283 g/mol. The molecule has 0 aliphatic carbocycles. The number of para-hydroxylation sites is 1. The Labute approximate surface area is 102 Å². The fraction of sp³-hybridized carbons (Fsp3) is 0.273. The molecule has 1 fully saturated rings. The van der Waals surface area contributed by atoms with Crippen LogP contribution in [-0.4, -0.2) is 35.3 Å². The van der Waals surface area contributed by atoms with E-state index < -0.39 is 0 Å². The highest BCUT2D eigenvalue weighted by molar-refractivity contribution is 9.09. The van der Waals surface area contributed by atoms with E-state index in [9.17, 15) is 9.59 Å². The van der Waals surface area contributed by atoms with E-state index in [1.165, 1.54) is 9.80 Å². The van der Waals surface area contributed by atoms with Crippen molar-refractivity contribution in [1.29, 1.82) is 0 Å². The number of anilines is 1. The van der Waals surface area contributed by atoms with E-state index in [0.29, 0.717) is 11.9 Å². The Morgan fingerprint density at radius 3 is 2.50 bits per heavy atom. The number of benzene rings is 1. The Kier molecular flexibility index (Phi) is 3.24. The zero-order valence-electron chi connectivity index (χ0n) is 8.60. The number of carbonyl (C=O) groups is 2. The SMILES string of the molecule is O=C1CN(c2ccccc2)C(=O)N1CCBr. The van der Waals surface area contributed by atoms with Crippen molar-refractivity contribution in [2.45, 2.75) is 0 Å². The second kappa shape index (κ2) is 4.65. The second-order valence-electron chi connectivity index (χ2n) is 3.44. The van der Waals surface area contributed by atoms with Crippen molar-refractivity contribution >= 4 is 33.6 Å². The lowest BCUT2D eigenvalue weighted by Crippen LogP contribution is -2.34. The van der Waals surface area contributed by atoms with Gasteiger partial charge in [0.15, 0.2) is 0 Å². The van der Waals surface area contributed by atoms with Gasteiger partial charge in [-0.2, -0.15) is 0 Å². The Morgan fingerprint density at radius 1 is 1.19 bits per heavy atom. The zero-order valence-corrected chi connectivity index (χ0v) is 10.2. The highest BCUT2D eigenvalue weighted by atomic mass is 79.9. The van der Waals surface area contributed by atoms with Gasteiger partial charge in [0.1, 0.15) is 6.54 Å². The summed E-state index contributed by atoms with van der Waals surface area (Å²) in [6.45, 7) is 0.552. The van der Waals surface area contributed by atoms with Crippen LogP contribution in [0, 0.1) is 0 Å². The maximum Gasteiger partial charge on any atom is 0.331 e. The molecule has 0 aromatic heterocycles. The molecule has 1 aliphatic rings. The van der Waals surface area contributed by atoms with Crippen LogP contribution in [-0.2, 0) is 4.79 Å². The summed E-state index contributed by atoms with van der Waals surface area (Å²) in [5.41, 5.74) is 0.762. The zero-order chi connectivity index (χ0) is 11.5. The molecule has 0 radical (unpaired) electrons. The highest BCUT2D eigenvalue weighted by Crippen LogP contribution is 2.20. The molecule has 2 rings (SSSR count). The highest BCUT2D eigenvalue weighted by Gasteiger charge is 2.35. The summed E-state index contributed by atoms with van der Waals surface area (Å²) in [7, 11) is 0. The van der Waals surface area contributed by atoms with Crippen molar-refractivity contribution < 1.29 is 9.59 Å². The fourth-order valence-electron chi connectivity index (χ4n) is 1.66. The summed E-state index contributed by atoms with van der Waals surface area (Å²) in [6, 6.07) is 8.98. The molecule has 84 valence electrons.